The number of hydrogen-bond acceptors (Lipinski definition) is 3. The molecule has 0 fully saturated rings. The topological polar surface area (TPSA) is 43.1 Å². The molecule has 0 amide bonds. The van der Waals surface area contributed by atoms with E-state index in [0.717, 1.165) is 5.56 Å². The van der Waals surface area contributed by atoms with Crippen molar-refractivity contribution in [3.8, 4) is 11.5 Å². The van der Waals surface area contributed by atoms with Crippen LogP contribution in [0, 0.1) is 6.92 Å². The van der Waals surface area contributed by atoms with Crippen LogP contribution in [-0.2, 0) is 0 Å². The second-order valence-corrected chi connectivity index (χ2v) is 2.98. The lowest BCUT2D eigenvalue weighted by Gasteiger charge is -1.98. The zero-order valence-electron chi connectivity index (χ0n) is 7.73. The predicted octanol–water partition coefficient (Wildman–Crippen LogP) is 2.01. The highest BCUT2D eigenvalue weighted by Crippen LogP contribution is 2.15. The van der Waals surface area contributed by atoms with Crippen LogP contribution in [0.1, 0.15) is 5.76 Å². The molecule has 14 heavy (non-hydrogen) atoms. The van der Waals surface area contributed by atoms with Gasteiger partial charge in [0.15, 0.2) is 0 Å². The van der Waals surface area contributed by atoms with Crippen molar-refractivity contribution in [1.29, 1.82) is 0 Å². The standard InChI is InChI=1S/C11H9NO2/c1-8-7-10(13)12-11(14-8)9-5-3-2-4-6-9/h2-7H,1H3. The highest BCUT2D eigenvalue weighted by atomic mass is 16.3. The Morgan fingerprint density at radius 2 is 1.93 bits per heavy atom. The fourth-order valence-corrected chi connectivity index (χ4v) is 1.22. The molecule has 0 radical (unpaired) electrons. The first kappa shape index (κ1) is 8.69. The molecule has 70 valence electrons. The van der Waals surface area contributed by atoms with Gasteiger partial charge in [0.2, 0.25) is 5.89 Å². The van der Waals surface area contributed by atoms with E-state index in [1.54, 1.807) is 6.92 Å². The van der Waals surface area contributed by atoms with E-state index in [1.165, 1.54) is 6.07 Å². The molecule has 0 aliphatic carbocycles. The first-order valence-corrected chi connectivity index (χ1v) is 4.30. The summed E-state index contributed by atoms with van der Waals surface area (Å²) in [5.74, 6) is 0.944. The summed E-state index contributed by atoms with van der Waals surface area (Å²) in [7, 11) is 0. The van der Waals surface area contributed by atoms with Gasteiger partial charge >= 0.3 is 0 Å². The van der Waals surface area contributed by atoms with Gasteiger partial charge in [-0.2, -0.15) is 4.98 Å². The number of aryl methyl sites for hydroxylation is 1. The minimum atomic E-state index is -0.271. The monoisotopic (exact) mass is 187 g/mol. The zero-order chi connectivity index (χ0) is 9.97. The van der Waals surface area contributed by atoms with Crippen molar-refractivity contribution in [2.24, 2.45) is 0 Å². The maximum absolute atomic E-state index is 11.1. The van der Waals surface area contributed by atoms with Gasteiger partial charge in [-0.25, -0.2) is 0 Å². The van der Waals surface area contributed by atoms with Gasteiger partial charge in [0, 0.05) is 11.6 Å². The van der Waals surface area contributed by atoms with Crippen molar-refractivity contribution in [3.63, 3.8) is 0 Å². The Hall–Kier alpha value is -1.90. The van der Waals surface area contributed by atoms with Gasteiger partial charge in [-0.1, -0.05) is 18.2 Å². The van der Waals surface area contributed by atoms with Crippen molar-refractivity contribution >= 4 is 0 Å². The van der Waals surface area contributed by atoms with Crippen molar-refractivity contribution in [1.82, 2.24) is 4.98 Å². The van der Waals surface area contributed by atoms with Crippen molar-refractivity contribution in [2.75, 3.05) is 0 Å². The number of hydrogen-bond donors (Lipinski definition) is 0. The molecule has 0 aliphatic heterocycles. The summed E-state index contributed by atoms with van der Waals surface area (Å²) < 4.78 is 5.33. The van der Waals surface area contributed by atoms with Crippen LogP contribution >= 0.6 is 0 Å². The summed E-state index contributed by atoms with van der Waals surface area (Å²) in [6, 6.07) is 10.7. The molecule has 0 saturated heterocycles. The third-order valence-corrected chi connectivity index (χ3v) is 1.82. The Kier molecular flexibility index (Phi) is 2.14. The Balaban J connectivity index is 2.58. The van der Waals surface area contributed by atoms with Crippen molar-refractivity contribution in [3.05, 3.63) is 52.5 Å². The molecule has 0 unspecified atom stereocenters. The average Bonchev–Trinajstić information content (AvgIpc) is 2.18. The number of aromatic nitrogens is 1. The molecule has 0 bridgehead atoms. The Morgan fingerprint density at radius 3 is 2.57 bits per heavy atom. The first-order chi connectivity index (χ1) is 6.75. The lowest BCUT2D eigenvalue weighted by atomic mass is 10.2. The summed E-state index contributed by atoms with van der Waals surface area (Å²) in [6.07, 6.45) is 0. The number of rotatable bonds is 1. The minimum Gasteiger partial charge on any atom is -0.443 e. The number of nitrogens with zero attached hydrogens (tertiary/aromatic N) is 1. The summed E-state index contributed by atoms with van der Waals surface area (Å²) in [5.41, 5.74) is 0.543. The Labute approximate surface area is 81.0 Å². The van der Waals surface area contributed by atoms with Crippen LogP contribution in [0.2, 0.25) is 0 Å². The molecule has 1 aromatic heterocycles. The van der Waals surface area contributed by atoms with Gasteiger partial charge in [0.25, 0.3) is 5.56 Å². The van der Waals surface area contributed by atoms with Crippen LogP contribution in [0.4, 0.5) is 0 Å². The van der Waals surface area contributed by atoms with Gasteiger partial charge in [-0.05, 0) is 19.1 Å². The summed E-state index contributed by atoms with van der Waals surface area (Å²) in [6.45, 7) is 1.73. The normalized spacial score (nSPS) is 10.1. The van der Waals surface area contributed by atoms with Gasteiger partial charge in [-0.3, -0.25) is 4.79 Å². The van der Waals surface area contributed by atoms with Crippen LogP contribution in [0.5, 0.6) is 0 Å². The quantitative estimate of drug-likeness (QED) is 0.685. The van der Waals surface area contributed by atoms with Crippen LogP contribution in [0.3, 0.4) is 0 Å². The molecule has 0 saturated carbocycles. The predicted molar refractivity (Wildman–Crippen MR) is 52.9 cm³/mol. The second-order valence-electron chi connectivity index (χ2n) is 2.98. The van der Waals surface area contributed by atoms with Gasteiger partial charge < -0.3 is 4.42 Å². The van der Waals surface area contributed by atoms with Gasteiger partial charge in [0.05, 0.1) is 0 Å². The van der Waals surface area contributed by atoms with Crippen LogP contribution in [-0.4, -0.2) is 4.98 Å². The molecule has 1 heterocycles. The molecular weight excluding hydrogens is 178 g/mol. The van der Waals surface area contributed by atoms with Crippen molar-refractivity contribution in [2.45, 2.75) is 6.92 Å². The lowest BCUT2D eigenvalue weighted by molar-refractivity contribution is 0.509. The highest BCUT2D eigenvalue weighted by Gasteiger charge is 2.02. The third-order valence-electron chi connectivity index (χ3n) is 1.82. The van der Waals surface area contributed by atoms with Crippen LogP contribution in [0.15, 0.2) is 45.6 Å². The van der Waals surface area contributed by atoms with Gasteiger partial charge in [-0.15, -0.1) is 0 Å². The van der Waals surface area contributed by atoms with Crippen LogP contribution < -0.4 is 5.56 Å². The van der Waals surface area contributed by atoms with Gasteiger partial charge in [0.1, 0.15) is 5.76 Å². The van der Waals surface area contributed by atoms with E-state index in [4.69, 9.17) is 4.42 Å². The lowest BCUT2D eigenvalue weighted by Crippen LogP contribution is -2.05. The summed E-state index contributed by atoms with van der Waals surface area (Å²) in [5, 5.41) is 0. The average molecular weight is 187 g/mol. The fourth-order valence-electron chi connectivity index (χ4n) is 1.22. The zero-order valence-corrected chi connectivity index (χ0v) is 7.73. The molecule has 0 atom stereocenters. The molecule has 2 rings (SSSR count). The van der Waals surface area contributed by atoms with Crippen molar-refractivity contribution < 1.29 is 4.42 Å². The first-order valence-electron chi connectivity index (χ1n) is 4.30. The second kappa shape index (κ2) is 3.46. The Bertz CT molecular complexity index is 488. The van der Waals surface area contributed by atoms with E-state index in [9.17, 15) is 4.79 Å². The van der Waals surface area contributed by atoms with E-state index in [2.05, 4.69) is 4.98 Å². The molecule has 3 nitrogen and oxygen atoms in total. The maximum atomic E-state index is 11.1. The minimum absolute atomic E-state index is 0.271. The third kappa shape index (κ3) is 1.71. The smallest absolute Gasteiger partial charge is 0.276 e. The molecule has 2 aromatic rings. The van der Waals surface area contributed by atoms with E-state index in [1.807, 2.05) is 30.3 Å². The van der Waals surface area contributed by atoms with E-state index in [-0.39, 0.29) is 5.56 Å². The Morgan fingerprint density at radius 1 is 1.21 bits per heavy atom. The van der Waals surface area contributed by atoms with Crippen LogP contribution in [0.25, 0.3) is 11.5 Å². The molecule has 1 aromatic carbocycles. The fraction of sp³-hybridized carbons (Fsp3) is 0.0909. The number of benzene rings is 1. The molecule has 0 N–H and O–H groups in total. The summed E-state index contributed by atoms with van der Waals surface area (Å²) in [4.78, 5) is 14.9. The maximum Gasteiger partial charge on any atom is 0.276 e. The SMILES string of the molecule is Cc1cc(=O)nc(-c2ccccc2)o1. The van der Waals surface area contributed by atoms with E-state index in [0.29, 0.717) is 11.7 Å². The summed E-state index contributed by atoms with van der Waals surface area (Å²) >= 11 is 0. The molecule has 0 aliphatic rings. The molecule has 3 heteroatoms. The molecular formula is C11H9NO2. The van der Waals surface area contributed by atoms with E-state index >= 15 is 0 Å². The van der Waals surface area contributed by atoms with E-state index < -0.39 is 0 Å². The molecule has 0 spiro atoms. The largest absolute Gasteiger partial charge is 0.443 e. The highest BCUT2D eigenvalue weighted by molar-refractivity contribution is 5.51.